The van der Waals surface area contributed by atoms with Gasteiger partial charge in [0.05, 0.1) is 26.4 Å². The lowest BCUT2D eigenvalue weighted by Crippen LogP contribution is -2.30. The molecule has 522 valence electrons. The number of esters is 4. The number of carbonyl (C=O) groups excluding carboxylic acids is 4. The van der Waals surface area contributed by atoms with Crippen LogP contribution in [0.1, 0.15) is 356 Å². The minimum atomic E-state index is -4.95. The normalized spacial score (nSPS) is 14.1. The number of carbonyl (C=O) groups is 4. The van der Waals surface area contributed by atoms with Crippen molar-refractivity contribution < 1.29 is 80.2 Å². The van der Waals surface area contributed by atoms with E-state index in [1.807, 2.05) is 0 Å². The lowest BCUT2D eigenvalue weighted by Gasteiger charge is -2.21. The van der Waals surface area contributed by atoms with Crippen molar-refractivity contribution in [3.8, 4) is 0 Å². The molecule has 19 heteroatoms. The zero-order valence-corrected chi connectivity index (χ0v) is 58.6. The van der Waals surface area contributed by atoms with Crippen LogP contribution in [0, 0.1) is 5.92 Å². The Kier molecular flexibility index (Phi) is 61.1. The number of phosphoric ester groups is 2. The standard InChI is InChI=1S/C69H134O17P2/c1-6-9-12-15-18-21-23-25-27-29-34-39-44-49-54-68(73)85-65(59-80-67(72)53-48-43-38-33-28-26-24-22-19-16-13-10-7-2)61-84-88(77,78)82-57-63(70)56-81-87(75,76)83-60-64(58-79-66(71)52-47-42-37-31-20-17-14-11-8-3)86-69(74)55-50-45-40-35-30-32-36-41-46-51-62(4)5/h62-65,70H,6-61H2,1-5H3,(H,75,76)(H,77,78)/t63-,64+,65+/m0/s1. The second kappa shape index (κ2) is 62.5. The lowest BCUT2D eigenvalue weighted by molar-refractivity contribution is -0.161. The molecular weight excluding hydrogens is 1160 g/mol. The number of aliphatic hydroxyl groups is 1. The second-order valence-electron chi connectivity index (χ2n) is 25.4. The SMILES string of the molecule is CCCCCCCCCCCCCCCCC(=O)O[C@H](COC(=O)CCCCCCCCCCCCCCC)COP(=O)(O)OC[C@@H](O)COP(=O)(O)OC[C@@H](COC(=O)CCCCCCCCCCC)OC(=O)CCCCCCCCCCCC(C)C. The number of hydrogen-bond acceptors (Lipinski definition) is 15. The van der Waals surface area contributed by atoms with E-state index >= 15 is 0 Å². The molecule has 88 heavy (non-hydrogen) atoms. The van der Waals surface area contributed by atoms with E-state index < -0.39 is 97.5 Å². The Morgan fingerprint density at radius 1 is 0.307 bits per heavy atom. The molecule has 0 bridgehead atoms. The van der Waals surface area contributed by atoms with Crippen LogP contribution in [0.15, 0.2) is 0 Å². The number of phosphoric acid groups is 2. The first-order valence-corrected chi connectivity index (χ1v) is 39.1. The van der Waals surface area contributed by atoms with Gasteiger partial charge in [-0.2, -0.15) is 0 Å². The highest BCUT2D eigenvalue weighted by Crippen LogP contribution is 2.45. The van der Waals surface area contributed by atoms with Crippen LogP contribution in [0.3, 0.4) is 0 Å². The average molecular weight is 1300 g/mol. The summed E-state index contributed by atoms with van der Waals surface area (Å²) in [6.07, 6.45) is 48.4. The van der Waals surface area contributed by atoms with E-state index in [0.717, 1.165) is 95.8 Å². The van der Waals surface area contributed by atoms with Gasteiger partial charge in [0.1, 0.15) is 19.3 Å². The number of aliphatic hydroxyl groups excluding tert-OH is 1. The number of ether oxygens (including phenoxy) is 4. The van der Waals surface area contributed by atoms with Crippen molar-refractivity contribution in [2.24, 2.45) is 5.92 Å². The van der Waals surface area contributed by atoms with E-state index in [1.54, 1.807) is 0 Å². The van der Waals surface area contributed by atoms with E-state index in [0.29, 0.717) is 25.7 Å². The molecule has 0 heterocycles. The van der Waals surface area contributed by atoms with Gasteiger partial charge >= 0.3 is 39.5 Å². The highest BCUT2D eigenvalue weighted by Gasteiger charge is 2.30. The molecule has 0 radical (unpaired) electrons. The molecule has 0 saturated heterocycles. The van der Waals surface area contributed by atoms with Gasteiger partial charge in [-0.05, 0) is 31.6 Å². The summed E-state index contributed by atoms with van der Waals surface area (Å²) in [6.45, 7) is 7.21. The maximum absolute atomic E-state index is 13.0. The number of unbranched alkanes of at least 4 members (excludes halogenated alkanes) is 41. The minimum absolute atomic E-state index is 0.106. The lowest BCUT2D eigenvalue weighted by atomic mass is 10.0. The van der Waals surface area contributed by atoms with Crippen molar-refractivity contribution in [1.82, 2.24) is 0 Å². The highest BCUT2D eigenvalue weighted by atomic mass is 31.2. The summed E-state index contributed by atoms with van der Waals surface area (Å²) in [5.41, 5.74) is 0. The summed E-state index contributed by atoms with van der Waals surface area (Å²) in [5, 5.41) is 10.6. The Balaban J connectivity index is 5.24. The Labute approximate surface area is 537 Å². The van der Waals surface area contributed by atoms with Gasteiger partial charge in [-0.15, -0.1) is 0 Å². The van der Waals surface area contributed by atoms with Gasteiger partial charge in [0.15, 0.2) is 12.2 Å². The predicted octanol–water partition coefficient (Wildman–Crippen LogP) is 19.7. The Bertz CT molecular complexity index is 1700. The van der Waals surface area contributed by atoms with Crippen molar-refractivity contribution >= 4 is 39.5 Å². The van der Waals surface area contributed by atoms with Crippen molar-refractivity contribution in [3.63, 3.8) is 0 Å². The zero-order valence-electron chi connectivity index (χ0n) is 56.9. The third-order valence-corrected chi connectivity index (χ3v) is 17.9. The minimum Gasteiger partial charge on any atom is -0.462 e. The van der Waals surface area contributed by atoms with Gasteiger partial charge in [0.25, 0.3) is 0 Å². The summed E-state index contributed by atoms with van der Waals surface area (Å²) in [7, 11) is -9.89. The van der Waals surface area contributed by atoms with Gasteiger partial charge in [-0.25, -0.2) is 9.13 Å². The quantitative estimate of drug-likeness (QED) is 0.0222. The third-order valence-electron chi connectivity index (χ3n) is 16.0. The van der Waals surface area contributed by atoms with E-state index in [2.05, 4.69) is 34.6 Å². The van der Waals surface area contributed by atoms with Crippen LogP contribution in [-0.4, -0.2) is 96.7 Å². The summed E-state index contributed by atoms with van der Waals surface area (Å²) in [6, 6.07) is 0. The molecule has 0 aliphatic rings. The molecule has 2 unspecified atom stereocenters. The monoisotopic (exact) mass is 1300 g/mol. The van der Waals surface area contributed by atoms with Crippen LogP contribution in [0.4, 0.5) is 0 Å². The molecule has 0 rings (SSSR count). The number of hydrogen-bond donors (Lipinski definition) is 3. The molecule has 0 aromatic rings. The molecule has 0 saturated carbocycles. The van der Waals surface area contributed by atoms with Crippen LogP contribution in [0.2, 0.25) is 0 Å². The molecule has 0 aliphatic carbocycles. The first-order valence-electron chi connectivity index (χ1n) is 36.1. The zero-order chi connectivity index (χ0) is 64.9. The van der Waals surface area contributed by atoms with Crippen LogP contribution >= 0.6 is 15.6 Å². The van der Waals surface area contributed by atoms with E-state index in [9.17, 15) is 43.2 Å². The van der Waals surface area contributed by atoms with E-state index in [1.165, 1.54) is 180 Å². The molecular formula is C69H134O17P2. The molecule has 0 amide bonds. The third kappa shape index (κ3) is 62.8. The maximum Gasteiger partial charge on any atom is 0.472 e. The fourth-order valence-corrected chi connectivity index (χ4v) is 12.0. The van der Waals surface area contributed by atoms with Gasteiger partial charge < -0.3 is 33.8 Å². The van der Waals surface area contributed by atoms with Crippen molar-refractivity contribution in [2.75, 3.05) is 39.6 Å². The van der Waals surface area contributed by atoms with Crippen LogP contribution < -0.4 is 0 Å². The fraction of sp³-hybridized carbons (Fsp3) is 0.942. The van der Waals surface area contributed by atoms with Gasteiger partial charge in [0, 0.05) is 25.7 Å². The average Bonchev–Trinajstić information content (AvgIpc) is 3.62. The Hall–Kier alpha value is -1.94. The molecule has 0 spiro atoms. The maximum atomic E-state index is 13.0. The molecule has 0 fully saturated rings. The largest absolute Gasteiger partial charge is 0.472 e. The summed E-state index contributed by atoms with van der Waals surface area (Å²) in [5.74, 6) is -1.39. The Morgan fingerprint density at radius 2 is 0.523 bits per heavy atom. The van der Waals surface area contributed by atoms with Gasteiger partial charge in [-0.1, -0.05) is 304 Å². The highest BCUT2D eigenvalue weighted by molar-refractivity contribution is 7.47. The van der Waals surface area contributed by atoms with Gasteiger partial charge in [0.2, 0.25) is 0 Å². The first kappa shape index (κ1) is 86.1. The second-order valence-corrected chi connectivity index (χ2v) is 28.3. The molecule has 5 atom stereocenters. The molecule has 0 aliphatic heterocycles. The van der Waals surface area contributed by atoms with Gasteiger partial charge in [-0.3, -0.25) is 37.3 Å². The summed E-state index contributed by atoms with van der Waals surface area (Å²) in [4.78, 5) is 72.5. The topological polar surface area (TPSA) is 237 Å². The molecule has 0 aromatic carbocycles. The molecule has 17 nitrogen and oxygen atoms in total. The molecule has 3 N–H and O–H groups in total. The van der Waals surface area contributed by atoms with Crippen molar-refractivity contribution in [3.05, 3.63) is 0 Å². The fourth-order valence-electron chi connectivity index (χ4n) is 10.5. The smallest absolute Gasteiger partial charge is 0.462 e. The van der Waals surface area contributed by atoms with Crippen LogP contribution in [-0.2, 0) is 65.4 Å². The Morgan fingerprint density at radius 3 is 0.773 bits per heavy atom. The van der Waals surface area contributed by atoms with Crippen molar-refractivity contribution in [2.45, 2.75) is 374 Å². The summed E-state index contributed by atoms with van der Waals surface area (Å²) < 4.78 is 68.2. The van der Waals surface area contributed by atoms with Crippen molar-refractivity contribution in [1.29, 1.82) is 0 Å². The summed E-state index contributed by atoms with van der Waals surface area (Å²) >= 11 is 0. The predicted molar refractivity (Wildman–Crippen MR) is 354 cm³/mol. The van der Waals surface area contributed by atoms with E-state index in [4.69, 9.17) is 37.0 Å². The number of rotatable bonds is 69. The molecule has 0 aromatic heterocycles. The van der Waals surface area contributed by atoms with E-state index in [-0.39, 0.29) is 25.7 Å². The first-order chi connectivity index (χ1) is 42.5. The van der Waals surface area contributed by atoms with Crippen LogP contribution in [0.25, 0.3) is 0 Å². The van der Waals surface area contributed by atoms with Crippen LogP contribution in [0.5, 0.6) is 0 Å².